The molecule has 0 N–H and O–H groups in total. The lowest BCUT2D eigenvalue weighted by atomic mass is 10.4. The van der Waals surface area contributed by atoms with Crippen LogP contribution in [-0.2, 0) is 11.3 Å². The summed E-state index contributed by atoms with van der Waals surface area (Å²) in [6.45, 7) is 0.432. The Hall–Kier alpha value is -1.20. The molecule has 5 nitrogen and oxygen atoms in total. The molecule has 0 atom stereocenters. The van der Waals surface area contributed by atoms with Gasteiger partial charge in [0, 0.05) is 13.0 Å². The van der Waals surface area contributed by atoms with Crippen molar-refractivity contribution in [2.75, 3.05) is 7.11 Å². The van der Waals surface area contributed by atoms with Gasteiger partial charge in [-0.25, -0.2) is 4.98 Å². The Morgan fingerprint density at radius 1 is 1.50 bits per heavy atom. The van der Waals surface area contributed by atoms with Crippen LogP contribution in [0.1, 0.15) is 30.3 Å². The Kier molecular flexibility index (Phi) is 2.29. The van der Waals surface area contributed by atoms with E-state index in [4.69, 9.17) is 16.3 Å². The predicted octanol–water partition coefficient (Wildman–Crippen LogP) is 1.80. The van der Waals surface area contributed by atoms with E-state index in [1.807, 2.05) is 0 Å². The average molecular weight is 239 g/mol. The summed E-state index contributed by atoms with van der Waals surface area (Å²) in [5.74, 6) is 1.91. The fraction of sp³-hybridized carbons (Fsp3) is 0.500. The highest BCUT2D eigenvalue weighted by Crippen LogP contribution is 2.38. The molecule has 0 aliphatic heterocycles. The molecule has 0 radical (unpaired) electrons. The highest BCUT2D eigenvalue weighted by molar-refractivity contribution is 6.29. The van der Waals surface area contributed by atoms with Gasteiger partial charge in [-0.3, -0.25) is 0 Å². The number of ether oxygens (including phenoxy) is 1. The summed E-state index contributed by atoms with van der Waals surface area (Å²) in [6, 6.07) is 1.75. The molecule has 2 heterocycles. The Bertz CT molecular complexity index is 535. The molecule has 0 bridgehead atoms. The topological polar surface area (TPSA) is 52.3 Å². The van der Waals surface area contributed by atoms with Crippen LogP contribution in [0.15, 0.2) is 6.07 Å². The van der Waals surface area contributed by atoms with Crippen molar-refractivity contribution in [1.29, 1.82) is 0 Å². The van der Waals surface area contributed by atoms with E-state index in [1.54, 1.807) is 17.7 Å². The van der Waals surface area contributed by atoms with E-state index < -0.39 is 0 Å². The zero-order valence-electron chi connectivity index (χ0n) is 8.85. The minimum absolute atomic E-state index is 0.432. The van der Waals surface area contributed by atoms with Crippen molar-refractivity contribution in [3.8, 4) is 0 Å². The molecule has 1 aliphatic carbocycles. The van der Waals surface area contributed by atoms with Gasteiger partial charge in [-0.15, -0.1) is 5.10 Å². The third-order valence-electron chi connectivity index (χ3n) is 2.57. The normalized spacial score (nSPS) is 15.9. The van der Waals surface area contributed by atoms with Gasteiger partial charge in [0.15, 0.2) is 5.82 Å². The van der Waals surface area contributed by atoms with Crippen LogP contribution in [0.25, 0.3) is 5.78 Å². The Morgan fingerprint density at radius 2 is 2.31 bits per heavy atom. The van der Waals surface area contributed by atoms with Crippen molar-refractivity contribution in [3.63, 3.8) is 0 Å². The minimum atomic E-state index is 0.432. The smallest absolute Gasteiger partial charge is 0.254 e. The molecule has 3 rings (SSSR count). The van der Waals surface area contributed by atoms with Crippen LogP contribution in [0.4, 0.5) is 0 Å². The minimum Gasteiger partial charge on any atom is -0.378 e. The first kappa shape index (κ1) is 9.99. The molecule has 1 aliphatic rings. The van der Waals surface area contributed by atoms with Crippen molar-refractivity contribution in [2.45, 2.75) is 25.4 Å². The average Bonchev–Trinajstić information content (AvgIpc) is 3.00. The van der Waals surface area contributed by atoms with Crippen molar-refractivity contribution in [1.82, 2.24) is 19.6 Å². The van der Waals surface area contributed by atoms with Crippen molar-refractivity contribution in [2.24, 2.45) is 0 Å². The second-order valence-electron chi connectivity index (χ2n) is 3.96. The quantitative estimate of drug-likeness (QED) is 0.766. The molecule has 1 saturated carbocycles. The summed E-state index contributed by atoms with van der Waals surface area (Å²) in [6.07, 6.45) is 2.33. The predicted molar refractivity (Wildman–Crippen MR) is 58.5 cm³/mol. The number of methoxy groups -OCH3 is 1. The number of nitrogens with zero attached hydrogens (tertiary/aromatic N) is 4. The second kappa shape index (κ2) is 3.68. The lowest BCUT2D eigenvalue weighted by Gasteiger charge is -2.00. The number of rotatable bonds is 3. The third-order valence-corrected chi connectivity index (χ3v) is 2.84. The number of fused-ring (bicyclic) bond motifs is 1. The third kappa shape index (κ3) is 1.66. The lowest BCUT2D eigenvalue weighted by molar-refractivity contribution is 0.181. The van der Waals surface area contributed by atoms with Gasteiger partial charge >= 0.3 is 0 Å². The Balaban J connectivity index is 2.10. The van der Waals surface area contributed by atoms with Crippen LogP contribution in [-0.4, -0.2) is 26.7 Å². The molecule has 0 spiro atoms. The van der Waals surface area contributed by atoms with Gasteiger partial charge in [-0.05, 0) is 18.9 Å². The first-order valence-electron chi connectivity index (χ1n) is 5.19. The van der Waals surface area contributed by atoms with E-state index in [2.05, 4.69) is 15.1 Å². The highest BCUT2D eigenvalue weighted by Gasteiger charge is 2.28. The summed E-state index contributed by atoms with van der Waals surface area (Å²) in [5, 5.41) is 4.87. The molecule has 6 heteroatoms. The van der Waals surface area contributed by atoms with Crippen molar-refractivity contribution >= 4 is 17.4 Å². The van der Waals surface area contributed by atoms with Gasteiger partial charge in [0.05, 0.1) is 12.3 Å². The van der Waals surface area contributed by atoms with Crippen LogP contribution in [0.3, 0.4) is 0 Å². The van der Waals surface area contributed by atoms with E-state index in [-0.39, 0.29) is 0 Å². The molecular weight excluding hydrogens is 228 g/mol. The molecule has 84 valence electrons. The summed E-state index contributed by atoms with van der Waals surface area (Å²) in [5.41, 5.74) is 0.773. The van der Waals surface area contributed by atoms with Crippen molar-refractivity contribution in [3.05, 3.63) is 22.7 Å². The Labute approximate surface area is 97.4 Å². The van der Waals surface area contributed by atoms with Gasteiger partial charge in [-0.2, -0.15) is 9.50 Å². The van der Waals surface area contributed by atoms with E-state index >= 15 is 0 Å². The zero-order chi connectivity index (χ0) is 11.1. The molecule has 2 aromatic heterocycles. The maximum Gasteiger partial charge on any atom is 0.254 e. The molecular formula is C10H11ClN4O. The van der Waals surface area contributed by atoms with Crippen molar-refractivity contribution < 1.29 is 4.74 Å². The number of aromatic nitrogens is 4. The highest BCUT2D eigenvalue weighted by atomic mass is 35.5. The SMILES string of the molecule is COCc1cc(Cl)n2nc(C3CC3)nc2n1. The summed E-state index contributed by atoms with van der Waals surface area (Å²) < 4.78 is 6.60. The maximum atomic E-state index is 6.10. The summed E-state index contributed by atoms with van der Waals surface area (Å²) >= 11 is 6.10. The van der Waals surface area contributed by atoms with Crippen LogP contribution >= 0.6 is 11.6 Å². The molecule has 0 saturated heterocycles. The van der Waals surface area contributed by atoms with E-state index in [9.17, 15) is 0 Å². The van der Waals surface area contributed by atoms with E-state index in [1.165, 1.54) is 12.8 Å². The fourth-order valence-electron chi connectivity index (χ4n) is 1.63. The largest absolute Gasteiger partial charge is 0.378 e. The number of hydrogen-bond donors (Lipinski definition) is 0. The molecule has 1 fully saturated rings. The van der Waals surface area contributed by atoms with Crippen LogP contribution in [0, 0.1) is 0 Å². The van der Waals surface area contributed by atoms with Gasteiger partial charge < -0.3 is 4.74 Å². The molecule has 0 unspecified atom stereocenters. The summed E-state index contributed by atoms with van der Waals surface area (Å²) in [4.78, 5) is 8.72. The molecule has 16 heavy (non-hydrogen) atoms. The monoisotopic (exact) mass is 238 g/mol. The van der Waals surface area contributed by atoms with Crippen LogP contribution in [0.2, 0.25) is 5.15 Å². The number of hydrogen-bond acceptors (Lipinski definition) is 4. The van der Waals surface area contributed by atoms with Gasteiger partial charge in [0.1, 0.15) is 5.15 Å². The first-order chi connectivity index (χ1) is 7.78. The second-order valence-corrected chi connectivity index (χ2v) is 4.35. The molecule has 2 aromatic rings. The standard InChI is InChI=1S/C10H11ClN4O/c1-16-5-7-4-8(11)15-10(12-7)13-9(14-15)6-2-3-6/h4,6H,2-3,5H2,1H3. The maximum absolute atomic E-state index is 6.10. The molecule has 0 aromatic carbocycles. The fourth-order valence-corrected chi connectivity index (χ4v) is 1.87. The number of halogens is 1. The first-order valence-corrected chi connectivity index (χ1v) is 5.57. The zero-order valence-corrected chi connectivity index (χ0v) is 9.61. The Morgan fingerprint density at radius 3 is 3.00 bits per heavy atom. The van der Waals surface area contributed by atoms with E-state index in [0.29, 0.717) is 23.5 Å². The van der Waals surface area contributed by atoms with Gasteiger partial charge in [0.25, 0.3) is 5.78 Å². The van der Waals surface area contributed by atoms with E-state index in [0.717, 1.165) is 11.5 Å². The molecule has 0 amide bonds. The van der Waals surface area contributed by atoms with Crippen LogP contribution in [0.5, 0.6) is 0 Å². The summed E-state index contributed by atoms with van der Waals surface area (Å²) in [7, 11) is 1.62. The van der Waals surface area contributed by atoms with Crippen LogP contribution < -0.4 is 0 Å². The lowest BCUT2D eigenvalue weighted by Crippen LogP contribution is -1.98. The van der Waals surface area contributed by atoms with Gasteiger partial charge in [0.2, 0.25) is 0 Å². The van der Waals surface area contributed by atoms with Gasteiger partial charge in [-0.1, -0.05) is 11.6 Å².